The Morgan fingerprint density at radius 1 is 0.903 bits per heavy atom. The van der Waals surface area contributed by atoms with E-state index in [0.717, 1.165) is 5.56 Å². The molecule has 0 aliphatic carbocycles. The third-order valence-electron chi connectivity index (χ3n) is 5.98. The van der Waals surface area contributed by atoms with Crippen molar-refractivity contribution >= 4 is 11.6 Å². The van der Waals surface area contributed by atoms with Crippen LogP contribution >= 0.6 is 11.6 Å². The predicted octanol–water partition coefficient (Wildman–Crippen LogP) is 3.14. The highest BCUT2D eigenvalue weighted by Gasteiger charge is 2.62. The first-order valence-corrected chi connectivity index (χ1v) is 10.7. The zero-order valence-electron chi connectivity index (χ0n) is 19.0. The van der Waals surface area contributed by atoms with Crippen LogP contribution < -0.4 is 0 Å². The van der Waals surface area contributed by atoms with Crippen molar-refractivity contribution in [1.29, 1.82) is 0 Å². The van der Waals surface area contributed by atoms with Crippen LogP contribution in [-0.2, 0) is 44.5 Å². The summed E-state index contributed by atoms with van der Waals surface area (Å²) in [6, 6.07) is 7.46. The maximum Gasteiger partial charge on any atom is 0.220 e. The van der Waals surface area contributed by atoms with E-state index in [1.165, 1.54) is 0 Å². The third kappa shape index (κ3) is 5.24. The van der Waals surface area contributed by atoms with Crippen molar-refractivity contribution in [1.82, 2.24) is 0 Å². The number of rotatable bonds is 9. The number of methoxy groups -OCH3 is 3. The second kappa shape index (κ2) is 10.4. The van der Waals surface area contributed by atoms with E-state index in [1.807, 2.05) is 31.2 Å². The second-order valence-corrected chi connectivity index (χ2v) is 8.38. The zero-order chi connectivity index (χ0) is 22.6. The summed E-state index contributed by atoms with van der Waals surface area (Å²) in [5.74, 6) is -2.30. The lowest BCUT2D eigenvalue weighted by Gasteiger charge is -2.56. The molecule has 0 aromatic heterocycles. The monoisotopic (exact) mass is 460 g/mol. The summed E-state index contributed by atoms with van der Waals surface area (Å²) in [7, 11) is 4.73. The van der Waals surface area contributed by atoms with Crippen molar-refractivity contribution in [2.24, 2.45) is 0 Å². The molecule has 0 N–H and O–H groups in total. The van der Waals surface area contributed by atoms with Gasteiger partial charge in [0.2, 0.25) is 11.6 Å². The average Bonchev–Trinajstić information content (AvgIpc) is 2.76. The van der Waals surface area contributed by atoms with Gasteiger partial charge in [-0.3, -0.25) is 0 Å². The minimum Gasteiger partial charge on any atom is -0.382 e. The summed E-state index contributed by atoms with van der Waals surface area (Å²) < 4.78 is 47.6. The number of hydrogen-bond acceptors (Lipinski definition) is 8. The molecular formula is C22H33ClO8. The van der Waals surface area contributed by atoms with Crippen LogP contribution in [0.5, 0.6) is 0 Å². The predicted molar refractivity (Wildman–Crippen MR) is 113 cm³/mol. The smallest absolute Gasteiger partial charge is 0.220 e. The fraction of sp³-hybridized carbons (Fsp3) is 0.727. The lowest BCUT2D eigenvalue weighted by molar-refractivity contribution is -0.480. The van der Waals surface area contributed by atoms with Crippen LogP contribution in [0.4, 0.5) is 0 Å². The van der Waals surface area contributed by atoms with Gasteiger partial charge in [0.05, 0.1) is 25.9 Å². The quantitative estimate of drug-likeness (QED) is 0.520. The van der Waals surface area contributed by atoms with Crippen LogP contribution in [0.15, 0.2) is 24.3 Å². The van der Waals surface area contributed by atoms with E-state index < -0.39 is 36.2 Å². The number of benzene rings is 1. The molecule has 0 spiro atoms. The van der Waals surface area contributed by atoms with Gasteiger partial charge in [0, 0.05) is 26.4 Å². The molecule has 0 bridgehead atoms. The first-order valence-electron chi connectivity index (χ1n) is 10.3. The fourth-order valence-electron chi connectivity index (χ4n) is 3.80. The van der Waals surface area contributed by atoms with Gasteiger partial charge >= 0.3 is 0 Å². The van der Waals surface area contributed by atoms with E-state index in [2.05, 4.69) is 0 Å². The number of fused-ring (bicyclic) bond motifs is 1. The summed E-state index contributed by atoms with van der Waals surface area (Å²) in [6.45, 7) is 6.58. The standard InChI is InChI=1S/C22H33ClO8/c1-14-17-18(31-22(3,26-6)21(2,25-5)30-17)19(20(29-14)27-12-11-24-4)28-13-15-7-9-16(23)10-8-15/h7-10,14,17-20H,11-13H2,1-6H3/t14-,17-,18+,19+,20+,21+,22+/m0/s1. The van der Waals surface area contributed by atoms with E-state index in [1.54, 1.807) is 35.2 Å². The van der Waals surface area contributed by atoms with Gasteiger partial charge in [-0.25, -0.2) is 0 Å². The highest BCUT2D eigenvalue weighted by molar-refractivity contribution is 6.30. The van der Waals surface area contributed by atoms with Crippen LogP contribution in [0.2, 0.25) is 5.02 Å². The molecule has 2 heterocycles. The normalized spacial score (nSPS) is 38.1. The molecule has 2 aliphatic heterocycles. The Morgan fingerprint density at radius 2 is 1.52 bits per heavy atom. The van der Waals surface area contributed by atoms with Crippen molar-refractivity contribution in [2.75, 3.05) is 34.5 Å². The van der Waals surface area contributed by atoms with E-state index in [9.17, 15) is 0 Å². The molecule has 2 aliphatic rings. The second-order valence-electron chi connectivity index (χ2n) is 7.94. The van der Waals surface area contributed by atoms with E-state index >= 15 is 0 Å². The summed E-state index contributed by atoms with van der Waals surface area (Å²) in [6.07, 6.45) is -2.55. The van der Waals surface area contributed by atoms with Gasteiger partial charge in [-0.15, -0.1) is 0 Å². The molecule has 0 amide bonds. The first-order chi connectivity index (χ1) is 14.8. The van der Waals surface area contributed by atoms with Gasteiger partial charge in [-0.2, -0.15) is 0 Å². The molecule has 2 fully saturated rings. The van der Waals surface area contributed by atoms with Crippen molar-refractivity contribution < 1.29 is 37.9 Å². The summed E-state index contributed by atoms with van der Waals surface area (Å²) in [5.41, 5.74) is 0.961. The Morgan fingerprint density at radius 3 is 2.10 bits per heavy atom. The maximum atomic E-state index is 6.45. The Balaban J connectivity index is 1.84. The Labute approximate surface area is 188 Å². The molecule has 176 valence electrons. The Kier molecular flexibility index (Phi) is 8.34. The molecule has 8 nitrogen and oxygen atoms in total. The van der Waals surface area contributed by atoms with Crippen molar-refractivity contribution in [3.8, 4) is 0 Å². The SMILES string of the molecule is COCCO[C@@H]1O[C@@H](C)[C@@H]2O[C@@](C)(OC)[C@](C)(OC)O[C@H]2[C@H]1OCc1ccc(Cl)cc1. The van der Waals surface area contributed by atoms with E-state index in [0.29, 0.717) is 24.8 Å². The largest absolute Gasteiger partial charge is 0.382 e. The molecule has 0 radical (unpaired) electrons. The van der Waals surface area contributed by atoms with Gasteiger partial charge in [0.1, 0.15) is 18.3 Å². The van der Waals surface area contributed by atoms with Crippen LogP contribution in [0.25, 0.3) is 0 Å². The molecule has 1 aromatic carbocycles. The molecule has 1 aromatic rings. The minimum absolute atomic E-state index is 0.321. The molecule has 7 atom stereocenters. The number of halogens is 1. The maximum absolute atomic E-state index is 6.45. The van der Waals surface area contributed by atoms with E-state index in [-0.39, 0.29) is 6.10 Å². The average molecular weight is 461 g/mol. The highest BCUT2D eigenvalue weighted by atomic mass is 35.5. The summed E-state index contributed by atoms with van der Waals surface area (Å²) in [5, 5.41) is 0.665. The van der Waals surface area contributed by atoms with Crippen LogP contribution in [0, 0.1) is 0 Å². The Hall–Kier alpha value is -0.810. The highest BCUT2D eigenvalue weighted by Crippen LogP contribution is 2.44. The molecule has 2 saturated heterocycles. The molecule has 3 rings (SSSR count). The third-order valence-corrected chi connectivity index (χ3v) is 6.23. The lowest BCUT2D eigenvalue weighted by atomic mass is 9.94. The molecule has 9 heteroatoms. The molecular weight excluding hydrogens is 428 g/mol. The van der Waals surface area contributed by atoms with Crippen LogP contribution in [0.3, 0.4) is 0 Å². The van der Waals surface area contributed by atoms with E-state index in [4.69, 9.17) is 49.5 Å². The van der Waals surface area contributed by atoms with Crippen LogP contribution in [0.1, 0.15) is 26.3 Å². The zero-order valence-corrected chi connectivity index (χ0v) is 19.7. The Bertz CT molecular complexity index is 703. The van der Waals surface area contributed by atoms with Crippen molar-refractivity contribution in [3.05, 3.63) is 34.9 Å². The topological polar surface area (TPSA) is 73.8 Å². The first kappa shape index (κ1) is 24.8. The minimum atomic E-state index is -1.17. The van der Waals surface area contributed by atoms with Gasteiger partial charge in [-0.1, -0.05) is 23.7 Å². The van der Waals surface area contributed by atoms with Crippen molar-refractivity contribution in [3.63, 3.8) is 0 Å². The van der Waals surface area contributed by atoms with Gasteiger partial charge in [0.25, 0.3) is 0 Å². The molecule has 31 heavy (non-hydrogen) atoms. The van der Waals surface area contributed by atoms with Gasteiger partial charge in [-0.05, 0) is 38.5 Å². The van der Waals surface area contributed by atoms with Crippen molar-refractivity contribution in [2.45, 2.75) is 69.7 Å². The number of ether oxygens (including phenoxy) is 8. The molecule has 0 saturated carbocycles. The fourth-order valence-corrected chi connectivity index (χ4v) is 3.93. The summed E-state index contributed by atoms with van der Waals surface area (Å²) >= 11 is 5.99. The lowest BCUT2D eigenvalue weighted by Crippen LogP contribution is -2.72. The molecule has 0 unspecified atom stereocenters. The van der Waals surface area contributed by atoms with Crippen LogP contribution in [-0.4, -0.2) is 76.8 Å². The van der Waals surface area contributed by atoms with Gasteiger partial charge in [0.15, 0.2) is 6.29 Å². The summed E-state index contributed by atoms with van der Waals surface area (Å²) in [4.78, 5) is 0. The number of hydrogen-bond donors (Lipinski definition) is 0. The van der Waals surface area contributed by atoms with Gasteiger partial charge < -0.3 is 37.9 Å².